The number of hydrogen-bond donors (Lipinski definition) is 0. The second kappa shape index (κ2) is 7.39. The average molecular weight is 398 g/mol. The van der Waals surface area contributed by atoms with E-state index in [1.165, 1.54) is 32.3 Å². The number of Topliss-reactive ketones (excluding diaryl/α,β-unsaturated/α-hetero) is 1. The van der Waals surface area contributed by atoms with Crippen molar-refractivity contribution in [3.05, 3.63) is 55.5 Å². The van der Waals surface area contributed by atoms with Gasteiger partial charge in [0.15, 0.2) is 0 Å². The molecule has 7 heteroatoms. The lowest BCUT2D eigenvalue weighted by Gasteiger charge is -2.13. The molecule has 0 amide bonds. The number of carbonyl (C=O) groups excluding carboxylic acids is 1. The van der Waals surface area contributed by atoms with E-state index in [0.717, 1.165) is 31.2 Å². The molecule has 0 fully saturated rings. The molecule has 6 nitrogen and oxygen atoms in total. The lowest BCUT2D eigenvalue weighted by atomic mass is 9.97. The van der Waals surface area contributed by atoms with Crippen molar-refractivity contribution in [3.63, 3.8) is 0 Å². The fraction of sp³-hybridized carbons (Fsp3) is 0.381. The van der Waals surface area contributed by atoms with Gasteiger partial charge in [0, 0.05) is 4.88 Å². The minimum Gasteiger partial charge on any atom is -0.494 e. The van der Waals surface area contributed by atoms with Crippen molar-refractivity contribution in [1.82, 2.24) is 9.13 Å². The molecule has 0 saturated heterocycles. The number of hydrogen-bond acceptors (Lipinski definition) is 5. The highest BCUT2D eigenvalue weighted by Gasteiger charge is 2.24. The predicted octanol–water partition coefficient (Wildman–Crippen LogP) is 3.08. The van der Waals surface area contributed by atoms with Gasteiger partial charge in [-0.25, -0.2) is 9.36 Å². The van der Waals surface area contributed by atoms with Gasteiger partial charge < -0.3 is 4.74 Å². The number of ether oxygens (including phenoxy) is 1. The summed E-state index contributed by atoms with van der Waals surface area (Å²) in [6, 6.07) is 6.90. The van der Waals surface area contributed by atoms with Gasteiger partial charge in [-0.05, 0) is 69.4 Å². The molecule has 0 atom stereocenters. The van der Waals surface area contributed by atoms with E-state index >= 15 is 0 Å². The van der Waals surface area contributed by atoms with Crippen molar-refractivity contribution < 1.29 is 9.53 Å². The van der Waals surface area contributed by atoms with Gasteiger partial charge in [-0.3, -0.25) is 14.2 Å². The van der Waals surface area contributed by atoms with Crippen molar-refractivity contribution in [3.8, 4) is 11.4 Å². The second-order valence-electron chi connectivity index (χ2n) is 7.03. The summed E-state index contributed by atoms with van der Waals surface area (Å²) in [6.07, 6.45) is 3.88. The molecule has 146 valence electrons. The molecule has 1 aromatic carbocycles. The maximum absolute atomic E-state index is 13.4. The summed E-state index contributed by atoms with van der Waals surface area (Å²) in [7, 11) is 0. The van der Waals surface area contributed by atoms with E-state index in [-0.39, 0.29) is 17.9 Å². The fourth-order valence-corrected chi connectivity index (χ4v) is 5.19. The number of ketones is 1. The molecule has 0 N–H and O–H groups in total. The van der Waals surface area contributed by atoms with Crippen molar-refractivity contribution in [1.29, 1.82) is 0 Å². The highest BCUT2D eigenvalue weighted by molar-refractivity contribution is 7.18. The third kappa shape index (κ3) is 3.09. The summed E-state index contributed by atoms with van der Waals surface area (Å²) in [6.45, 7) is 3.86. The smallest absolute Gasteiger partial charge is 0.337 e. The van der Waals surface area contributed by atoms with Crippen LogP contribution in [0.4, 0.5) is 0 Å². The third-order valence-corrected chi connectivity index (χ3v) is 6.34. The number of carbonyl (C=O) groups is 1. The Morgan fingerprint density at radius 3 is 2.54 bits per heavy atom. The Hall–Kier alpha value is -2.67. The number of fused-ring (bicyclic) bond motifs is 3. The van der Waals surface area contributed by atoms with E-state index in [4.69, 9.17) is 4.74 Å². The van der Waals surface area contributed by atoms with Gasteiger partial charge in [0.05, 0.1) is 24.2 Å². The van der Waals surface area contributed by atoms with Gasteiger partial charge in [-0.15, -0.1) is 11.3 Å². The maximum atomic E-state index is 13.4. The molecular weight excluding hydrogens is 376 g/mol. The molecule has 3 aromatic rings. The normalized spacial score (nSPS) is 13.5. The molecule has 28 heavy (non-hydrogen) atoms. The van der Waals surface area contributed by atoms with Crippen LogP contribution in [0.2, 0.25) is 0 Å². The first kappa shape index (κ1) is 18.7. The zero-order chi connectivity index (χ0) is 19.8. The van der Waals surface area contributed by atoms with Gasteiger partial charge in [0.2, 0.25) is 0 Å². The molecule has 1 aliphatic rings. The van der Waals surface area contributed by atoms with Crippen molar-refractivity contribution in [2.75, 3.05) is 6.61 Å². The van der Waals surface area contributed by atoms with Gasteiger partial charge in [0.1, 0.15) is 16.4 Å². The average Bonchev–Trinajstić information content (AvgIpc) is 3.06. The number of aryl methyl sites for hydroxylation is 2. The topological polar surface area (TPSA) is 70.3 Å². The van der Waals surface area contributed by atoms with Gasteiger partial charge in [-0.1, -0.05) is 0 Å². The van der Waals surface area contributed by atoms with Crippen LogP contribution in [0, 0.1) is 0 Å². The quantitative estimate of drug-likeness (QED) is 0.662. The standard InChI is InChI=1S/C21H22N2O4S/c1-3-27-15-10-8-14(9-11-15)23-19(25)18-16-6-4-5-7-17(16)28-20(18)22(21(23)26)12-13(2)24/h8-11H,3-7,12H2,1-2H3. The van der Waals surface area contributed by atoms with Gasteiger partial charge in [-0.2, -0.15) is 0 Å². The van der Waals surface area contributed by atoms with E-state index in [2.05, 4.69) is 0 Å². The first-order chi connectivity index (χ1) is 13.5. The Bertz CT molecular complexity index is 1170. The van der Waals surface area contributed by atoms with Crippen LogP contribution in [-0.2, 0) is 24.2 Å². The molecule has 0 spiro atoms. The summed E-state index contributed by atoms with van der Waals surface area (Å²) < 4.78 is 8.09. The van der Waals surface area contributed by atoms with Gasteiger partial charge >= 0.3 is 5.69 Å². The first-order valence-corrected chi connectivity index (χ1v) is 10.4. The Kier molecular flexibility index (Phi) is 4.93. The molecular formula is C21H22N2O4S. The third-order valence-electron chi connectivity index (χ3n) is 5.02. The SMILES string of the molecule is CCOc1ccc(-n2c(=O)c3c4c(sc3n(CC(C)=O)c2=O)CCCC4)cc1. The lowest BCUT2D eigenvalue weighted by Crippen LogP contribution is -2.39. The van der Waals surface area contributed by atoms with E-state index < -0.39 is 5.69 Å². The van der Waals surface area contributed by atoms with E-state index in [1.807, 2.05) is 6.92 Å². The Balaban J connectivity index is 2.01. The van der Waals surface area contributed by atoms with E-state index in [9.17, 15) is 14.4 Å². The fourth-order valence-electron chi connectivity index (χ4n) is 3.82. The van der Waals surface area contributed by atoms with Crippen LogP contribution >= 0.6 is 11.3 Å². The lowest BCUT2D eigenvalue weighted by molar-refractivity contribution is -0.117. The summed E-state index contributed by atoms with van der Waals surface area (Å²) in [4.78, 5) is 40.2. The largest absolute Gasteiger partial charge is 0.494 e. The molecule has 0 radical (unpaired) electrons. The zero-order valence-corrected chi connectivity index (χ0v) is 16.8. The molecule has 0 bridgehead atoms. The zero-order valence-electron chi connectivity index (χ0n) is 16.0. The minimum atomic E-state index is -0.476. The molecule has 4 rings (SSSR count). The highest BCUT2D eigenvalue weighted by atomic mass is 32.1. The molecule has 1 aliphatic carbocycles. The van der Waals surface area contributed by atoms with Crippen LogP contribution in [0.1, 0.15) is 37.1 Å². The molecule has 0 unspecified atom stereocenters. The van der Waals surface area contributed by atoms with Crippen LogP contribution in [0.25, 0.3) is 15.9 Å². The van der Waals surface area contributed by atoms with Crippen molar-refractivity contribution >= 4 is 27.3 Å². The predicted molar refractivity (Wildman–Crippen MR) is 110 cm³/mol. The summed E-state index contributed by atoms with van der Waals surface area (Å²) in [5, 5.41) is 0.592. The Labute approximate surface area is 166 Å². The summed E-state index contributed by atoms with van der Waals surface area (Å²) in [5.74, 6) is 0.559. The maximum Gasteiger partial charge on any atom is 0.337 e. The Morgan fingerprint density at radius 2 is 1.86 bits per heavy atom. The van der Waals surface area contributed by atoms with Crippen LogP contribution in [0.3, 0.4) is 0 Å². The second-order valence-corrected chi connectivity index (χ2v) is 8.11. The molecule has 2 heterocycles. The van der Waals surface area contributed by atoms with Crippen LogP contribution in [0.5, 0.6) is 5.75 Å². The first-order valence-electron chi connectivity index (χ1n) is 9.54. The molecule has 2 aromatic heterocycles. The number of rotatable bonds is 5. The highest BCUT2D eigenvalue weighted by Crippen LogP contribution is 2.34. The van der Waals surface area contributed by atoms with Crippen LogP contribution in [0.15, 0.2) is 33.9 Å². The number of thiophene rings is 1. The summed E-state index contributed by atoms with van der Waals surface area (Å²) >= 11 is 1.49. The van der Waals surface area contributed by atoms with Gasteiger partial charge in [0.25, 0.3) is 5.56 Å². The number of benzene rings is 1. The monoisotopic (exact) mass is 398 g/mol. The molecule has 0 saturated carbocycles. The Morgan fingerprint density at radius 1 is 1.14 bits per heavy atom. The number of nitrogens with zero attached hydrogens (tertiary/aromatic N) is 2. The van der Waals surface area contributed by atoms with Crippen LogP contribution < -0.4 is 16.0 Å². The van der Waals surface area contributed by atoms with Crippen LogP contribution in [-0.4, -0.2) is 21.5 Å². The minimum absolute atomic E-state index is 0.0357. The van der Waals surface area contributed by atoms with E-state index in [1.54, 1.807) is 24.3 Å². The number of aromatic nitrogens is 2. The molecule has 0 aliphatic heterocycles. The van der Waals surface area contributed by atoms with Crippen molar-refractivity contribution in [2.24, 2.45) is 0 Å². The summed E-state index contributed by atoms with van der Waals surface area (Å²) in [5.41, 5.74) is 0.750. The van der Waals surface area contributed by atoms with E-state index in [0.29, 0.717) is 28.3 Å². The van der Waals surface area contributed by atoms with Crippen molar-refractivity contribution in [2.45, 2.75) is 46.1 Å².